The SMILES string of the molecule is CC(C)(C)OC(=O)NCC(C)(CN)c1sccc1Cl. The lowest BCUT2D eigenvalue weighted by Crippen LogP contribution is -2.44. The van der Waals surface area contributed by atoms with E-state index in [1.165, 1.54) is 0 Å². The van der Waals surface area contributed by atoms with Gasteiger partial charge in [-0.15, -0.1) is 11.3 Å². The first kappa shape index (κ1) is 16.3. The second kappa shape index (κ2) is 6.11. The highest BCUT2D eigenvalue weighted by Crippen LogP contribution is 2.33. The van der Waals surface area contributed by atoms with Gasteiger partial charge in [-0.05, 0) is 32.2 Å². The molecule has 1 aromatic heterocycles. The molecule has 0 saturated heterocycles. The Balaban J connectivity index is 2.68. The molecule has 0 bridgehead atoms. The van der Waals surface area contributed by atoms with Crippen LogP contribution < -0.4 is 11.1 Å². The second-order valence-corrected chi connectivity index (χ2v) is 7.04. The van der Waals surface area contributed by atoms with Crippen molar-refractivity contribution in [1.82, 2.24) is 5.32 Å². The molecule has 0 aromatic carbocycles. The van der Waals surface area contributed by atoms with E-state index in [0.29, 0.717) is 18.1 Å². The first-order valence-electron chi connectivity index (χ1n) is 6.08. The Morgan fingerprint density at radius 2 is 2.11 bits per heavy atom. The molecule has 0 saturated carbocycles. The predicted octanol–water partition coefficient (Wildman–Crippen LogP) is 3.14. The van der Waals surface area contributed by atoms with Crippen LogP contribution in [-0.2, 0) is 10.2 Å². The van der Waals surface area contributed by atoms with Gasteiger partial charge in [0.2, 0.25) is 0 Å². The smallest absolute Gasteiger partial charge is 0.407 e. The Hall–Kier alpha value is -0.780. The molecule has 1 rings (SSSR count). The largest absolute Gasteiger partial charge is 0.444 e. The van der Waals surface area contributed by atoms with Crippen molar-refractivity contribution in [3.8, 4) is 0 Å². The zero-order valence-electron chi connectivity index (χ0n) is 11.7. The summed E-state index contributed by atoms with van der Waals surface area (Å²) in [4.78, 5) is 12.7. The molecule has 0 radical (unpaired) electrons. The van der Waals surface area contributed by atoms with Crippen molar-refractivity contribution in [2.45, 2.75) is 38.7 Å². The van der Waals surface area contributed by atoms with Gasteiger partial charge in [-0.1, -0.05) is 18.5 Å². The maximum absolute atomic E-state index is 11.7. The molecule has 1 aromatic rings. The molecule has 3 N–H and O–H groups in total. The van der Waals surface area contributed by atoms with Gasteiger partial charge < -0.3 is 15.8 Å². The molecule has 108 valence electrons. The van der Waals surface area contributed by atoms with Crippen LogP contribution >= 0.6 is 22.9 Å². The first-order chi connectivity index (χ1) is 8.68. The lowest BCUT2D eigenvalue weighted by atomic mass is 9.89. The van der Waals surface area contributed by atoms with E-state index in [4.69, 9.17) is 22.1 Å². The van der Waals surface area contributed by atoms with Gasteiger partial charge in [0.05, 0.1) is 5.02 Å². The van der Waals surface area contributed by atoms with Gasteiger partial charge in [-0.2, -0.15) is 0 Å². The average Bonchev–Trinajstić information content (AvgIpc) is 2.71. The number of ether oxygens (including phenoxy) is 1. The van der Waals surface area contributed by atoms with E-state index in [9.17, 15) is 4.79 Å². The zero-order chi connectivity index (χ0) is 14.7. The highest BCUT2D eigenvalue weighted by atomic mass is 35.5. The fourth-order valence-electron chi connectivity index (χ4n) is 1.55. The van der Waals surface area contributed by atoms with Crippen molar-refractivity contribution in [3.05, 3.63) is 21.3 Å². The summed E-state index contributed by atoms with van der Waals surface area (Å²) in [6, 6.07) is 1.84. The second-order valence-electron chi connectivity index (χ2n) is 5.72. The Bertz CT molecular complexity index is 442. The van der Waals surface area contributed by atoms with E-state index >= 15 is 0 Å². The fourth-order valence-corrected chi connectivity index (χ4v) is 3.01. The van der Waals surface area contributed by atoms with Crippen LogP contribution in [0.2, 0.25) is 5.02 Å². The lowest BCUT2D eigenvalue weighted by Gasteiger charge is -2.28. The van der Waals surface area contributed by atoms with Gasteiger partial charge in [0, 0.05) is 23.4 Å². The normalized spacial score (nSPS) is 14.8. The number of hydrogen-bond acceptors (Lipinski definition) is 4. The number of alkyl carbamates (subject to hydrolysis) is 1. The summed E-state index contributed by atoms with van der Waals surface area (Å²) in [5.74, 6) is 0. The summed E-state index contributed by atoms with van der Waals surface area (Å²) < 4.78 is 5.20. The topological polar surface area (TPSA) is 64.3 Å². The number of carbonyl (C=O) groups excluding carboxylic acids is 1. The number of amides is 1. The number of nitrogens with two attached hydrogens (primary N) is 1. The minimum Gasteiger partial charge on any atom is -0.444 e. The van der Waals surface area contributed by atoms with Gasteiger partial charge in [-0.25, -0.2) is 4.79 Å². The molecule has 0 fully saturated rings. The maximum Gasteiger partial charge on any atom is 0.407 e. The highest BCUT2D eigenvalue weighted by Gasteiger charge is 2.30. The first-order valence-corrected chi connectivity index (χ1v) is 7.34. The van der Waals surface area contributed by atoms with Crippen molar-refractivity contribution in [2.24, 2.45) is 5.73 Å². The number of rotatable bonds is 4. The van der Waals surface area contributed by atoms with Crippen LogP contribution in [0, 0.1) is 0 Å². The number of thiophene rings is 1. The van der Waals surface area contributed by atoms with Gasteiger partial charge in [0.25, 0.3) is 0 Å². The Morgan fingerprint density at radius 1 is 1.47 bits per heavy atom. The zero-order valence-corrected chi connectivity index (χ0v) is 13.3. The standard InChI is InChI=1S/C13H21ClN2O2S/c1-12(2,3)18-11(17)16-8-13(4,7-15)10-9(14)5-6-19-10/h5-6H,7-8,15H2,1-4H3,(H,16,17). The van der Waals surface area contributed by atoms with Crippen molar-refractivity contribution >= 4 is 29.0 Å². The Labute approximate surface area is 123 Å². The Morgan fingerprint density at radius 3 is 2.53 bits per heavy atom. The molecule has 1 heterocycles. The van der Waals surface area contributed by atoms with E-state index in [1.807, 2.05) is 39.1 Å². The third-order valence-electron chi connectivity index (χ3n) is 2.64. The summed E-state index contributed by atoms with van der Waals surface area (Å²) in [6.07, 6.45) is -0.445. The van der Waals surface area contributed by atoms with Crippen LogP contribution in [0.3, 0.4) is 0 Å². The van der Waals surface area contributed by atoms with Crippen LogP contribution in [0.4, 0.5) is 4.79 Å². The number of nitrogens with one attached hydrogen (secondary N) is 1. The third-order valence-corrected chi connectivity index (χ3v) is 4.29. The Kier molecular flexibility index (Phi) is 5.24. The minimum absolute atomic E-state index is 0.387. The number of halogens is 1. The summed E-state index contributed by atoms with van der Waals surface area (Å²) in [6.45, 7) is 8.23. The predicted molar refractivity (Wildman–Crippen MR) is 80.0 cm³/mol. The molecule has 4 nitrogen and oxygen atoms in total. The third kappa shape index (κ3) is 4.67. The molecule has 1 unspecified atom stereocenters. The highest BCUT2D eigenvalue weighted by molar-refractivity contribution is 7.10. The molecule has 6 heteroatoms. The van der Waals surface area contributed by atoms with Crippen LogP contribution in [0.25, 0.3) is 0 Å². The van der Waals surface area contributed by atoms with Crippen LogP contribution in [0.15, 0.2) is 11.4 Å². The number of carbonyl (C=O) groups is 1. The summed E-state index contributed by atoms with van der Waals surface area (Å²) in [5, 5.41) is 5.35. The lowest BCUT2D eigenvalue weighted by molar-refractivity contribution is 0.0517. The fraction of sp³-hybridized carbons (Fsp3) is 0.615. The van der Waals surface area contributed by atoms with Gasteiger partial charge in [0.15, 0.2) is 0 Å². The average molecular weight is 305 g/mol. The molecular weight excluding hydrogens is 284 g/mol. The molecule has 1 amide bonds. The van der Waals surface area contributed by atoms with Crippen molar-refractivity contribution in [3.63, 3.8) is 0 Å². The van der Waals surface area contributed by atoms with Crippen molar-refractivity contribution < 1.29 is 9.53 Å². The summed E-state index contributed by atoms with van der Waals surface area (Å²) in [5.41, 5.74) is 4.94. The molecule has 0 aliphatic rings. The summed E-state index contributed by atoms with van der Waals surface area (Å²) >= 11 is 7.68. The molecular formula is C13H21ClN2O2S. The quantitative estimate of drug-likeness (QED) is 0.898. The molecule has 1 atom stereocenters. The molecule has 19 heavy (non-hydrogen) atoms. The van der Waals surface area contributed by atoms with E-state index < -0.39 is 11.7 Å². The van der Waals surface area contributed by atoms with Crippen molar-refractivity contribution in [2.75, 3.05) is 13.1 Å². The molecule has 0 aliphatic carbocycles. The minimum atomic E-state index is -0.510. The van der Waals surface area contributed by atoms with Crippen LogP contribution in [0.5, 0.6) is 0 Å². The van der Waals surface area contributed by atoms with Gasteiger partial charge >= 0.3 is 6.09 Å². The maximum atomic E-state index is 11.7. The molecule has 0 aliphatic heterocycles. The number of hydrogen-bond donors (Lipinski definition) is 2. The van der Waals surface area contributed by atoms with Gasteiger partial charge in [-0.3, -0.25) is 0 Å². The monoisotopic (exact) mass is 304 g/mol. The van der Waals surface area contributed by atoms with Gasteiger partial charge in [0.1, 0.15) is 5.60 Å². The van der Waals surface area contributed by atoms with E-state index in [-0.39, 0.29) is 5.41 Å². The van der Waals surface area contributed by atoms with E-state index in [0.717, 1.165) is 4.88 Å². The van der Waals surface area contributed by atoms with E-state index in [2.05, 4.69) is 5.32 Å². The van der Waals surface area contributed by atoms with Crippen molar-refractivity contribution in [1.29, 1.82) is 0 Å². The summed E-state index contributed by atoms with van der Waals surface area (Å²) in [7, 11) is 0. The molecule has 0 spiro atoms. The van der Waals surface area contributed by atoms with E-state index in [1.54, 1.807) is 11.3 Å². The van der Waals surface area contributed by atoms with Crippen LogP contribution in [0.1, 0.15) is 32.6 Å². The van der Waals surface area contributed by atoms with Crippen LogP contribution in [-0.4, -0.2) is 24.8 Å².